The van der Waals surface area contributed by atoms with Gasteiger partial charge in [0.05, 0.1) is 6.61 Å². The Bertz CT molecular complexity index is 483. The van der Waals surface area contributed by atoms with Crippen LogP contribution in [0.1, 0.15) is 12.0 Å². The van der Waals surface area contributed by atoms with Crippen LogP contribution >= 0.6 is 11.6 Å². The molecule has 2 rings (SSSR count). The molecule has 1 heterocycles. The number of rotatable bonds is 4. The van der Waals surface area contributed by atoms with Crippen LogP contribution in [0.5, 0.6) is 0 Å². The normalized spacial score (nSPS) is 18.9. The van der Waals surface area contributed by atoms with E-state index in [9.17, 15) is 4.39 Å². The Labute approximate surface area is 129 Å². The third-order valence-electron chi connectivity index (χ3n) is 3.61. The molecule has 1 fully saturated rings. The second kappa shape index (κ2) is 7.61. The Hall–Kier alpha value is -1.33. The maximum Gasteiger partial charge on any atom is 0.193 e. The first kappa shape index (κ1) is 16.0. The van der Waals surface area contributed by atoms with Crippen molar-refractivity contribution in [2.45, 2.75) is 13.0 Å². The molecule has 1 aromatic rings. The van der Waals surface area contributed by atoms with Crippen LogP contribution in [-0.2, 0) is 11.3 Å². The van der Waals surface area contributed by atoms with E-state index in [0.717, 1.165) is 32.1 Å². The molecule has 1 aliphatic rings. The fourth-order valence-electron chi connectivity index (χ4n) is 2.45. The average Bonchev–Trinajstić information content (AvgIpc) is 2.95. The lowest BCUT2D eigenvalue weighted by Crippen LogP contribution is -2.41. The zero-order valence-corrected chi connectivity index (χ0v) is 13.2. The van der Waals surface area contributed by atoms with Gasteiger partial charge in [-0.1, -0.05) is 17.7 Å². The summed E-state index contributed by atoms with van der Waals surface area (Å²) in [7, 11) is 3.68. The van der Waals surface area contributed by atoms with Crippen molar-refractivity contribution in [1.29, 1.82) is 0 Å². The second-order valence-electron chi connectivity index (χ2n) is 5.21. The summed E-state index contributed by atoms with van der Waals surface area (Å²) >= 11 is 6.02. The molecule has 0 aliphatic carbocycles. The molecule has 0 aromatic heterocycles. The third kappa shape index (κ3) is 4.32. The zero-order chi connectivity index (χ0) is 15.2. The lowest BCUT2D eigenvalue weighted by atomic mass is 10.1. The Morgan fingerprint density at radius 3 is 3.00 bits per heavy atom. The van der Waals surface area contributed by atoms with Gasteiger partial charge in [-0.25, -0.2) is 4.39 Å². The number of halogens is 2. The summed E-state index contributed by atoms with van der Waals surface area (Å²) in [6.45, 7) is 2.80. The first-order chi connectivity index (χ1) is 10.1. The topological polar surface area (TPSA) is 36.9 Å². The molecule has 4 nitrogen and oxygen atoms in total. The number of guanidine groups is 1. The first-order valence-corrected chi connectivity index (χ1v) is 7.42. The molecule has 1 atom stereocenters. The number of ether oxygens (including phenoxy) is 1. The van der Waals surface area contributed by atoms with Crippen LogP contribution in [0.15, 0.2) is 23.2 Å². The largest absolute Gasteiger partial charge is 0.381 e. The highest BCUT2D eigenvalue weighted by atomic mass is 35.5. The summed E-state index contributed by atoms with van der Waals surface area (Å²) in [5.41, 5.74) is 0.456. The molecule has 0 amide bonds. The Kier molecular flexibility index (Phi) is 5.82. The van der Waals surface area contributed by atoms with Crippen LogP contribution in [0.25, 0.3) is 0 Å². The molecule has 1 unspecified atom stereocenters. The van der Waals surface area contributed by atoms with Gasteiger partial charge in [0, 0.05) is 50.3 Å². The predicted octanol–water partition coefficient (Wildman–Crippen LogP) is 2.52. The summed E-state index contributed by atoms with van der Waals surface area (Å²) in [5, 5.41) is 3.57. The fourth-order valence-corrected chi connectivity index (χ4v) is 2.68. The van der Waals surface area contributed by atoms with Crippen molar-refractivity contribution in [3.05, 3.63) is 34.6 Å². The summed E-state index contributed by atoms with van der Waals surface area (Å²) in [5.74, 6) is 0.934. The SMILES string of the molecule is CN=C(NCc1c(F)cccc1Cl)N(C)CC1CCOC1. The minimum atomic E-state index is -0.308. The van der Waals surface area contributed by atoms with Crippen molar-refractivity contribution in [3.8, 4) is 0 Å². The van der Waals surface area contributed by atoms with Gasteiger partial charge in [0.2, 0.25) is 0 Å². The molecule has 0 bridgehead atoms. The minimum absolute atomic E-state index is 0.308. The molecule has 1 aromatic carbocycles. The fraction of sp³-hybridized carbons (Fsp3) is 0.533. The maximum atomic E-state index is 13.7. The van der Waals surface area contributed by atoms with E-state index in [4.69, 9.17) is 16.3 Å². The zero-order valence-electron chi connectivity index (χ0n) is 12.4. The number of nitrogens with one attached hydrogen (secondary N) is 1. The molecular weight excluding hydrogens is 293 g/mol. The first-order valence-electron chi connectivity index (χ1n) is 7.04. The van der Waals surface area contributed by atoms with Crippen LogP contribution in [0, 0.1) is 11.7 Å². The van der Waals surface area contributed by atoms with E-state index in [1.165, 1.54) is 6.07 Å². The van der Waals surface area contributed by atoms with Crippen molar-refractivity contribution >= 4 is 17.6 Å². The predicted molar refractivity (Wildman–Crippen MR) is 83.2 cm³/mol. The van der Waals surface area contributed by atoms with E-state index >= 15 is 0 Å². The minimum Gasteiger partial charge on any atom is -0.381 e. The van der Waals surface area contributed by atoms with Crippen molar-refractivity contribution < 1.29 is 9.13 Å². The van der Waals surface area contributed by atoms with Crippen LogP contribution in [0.4, 0.5) is 4.39 Å². The number of aliphatic imine (C=N–C) groups is 1. The van der Waals surface area contributed by atoms with Crippen LogP contribution in [0.3, 0.4) is 0 Å². The molecule has 0 spiro atoms. The van der Waals surface area contributed by atoms with E-state index in [2.05, 4.69) is 10.3 Å². The van der Waals surface area contributed by atoms with E-state index in [1.54, 1.807) is 19.2 Å². The molecule has 116 valence electrons. The number of hydrogen-bond donors (Lipinski definition) is 1. The molecule has 1 aliphatic heterocycles. The Balaban J connectivity index is 1.93. The van der Waals surface area contributed by atoms with E-state index in [1.807, 2.05) is 11.9 Å². The van der Waals surface area contributed by atoms with Gasteiger partial charge < -0.3 is 15.0 Å². The standard InChI is InChI=1S/C15H21ClFN3O/c1-18-15(20(2)9-11-6-7-21-10-11)19-8-12-13(16)4-3-5-14(12)17/h3-5,11H,6-10H2,1-2H3,(H,18,19). The average molecular weight is 314 g/mol. The van der Waals surface area contributed by atoms with Gasteiger partial charge in [0.25, 0.3) is 0 Å². The highest BCUT2D eigenvalue weighted by Gasteiger charge is 2.19. The monoisotopic (exact) mass is 313 g/mol. The second-order valence-corrected chi connectivity index (χ2v) is 5.62. The van der Waals surface area contributed by atoms with Crippen molar-refractivity contribution in [1.82, 2.24) is 10.2 Å². The van der Waals surface area contributed by atoms with Crippen molar-refractivity contribution in [3.63, 3.8) is 0 Å². The van der Waals surface area contributed by atoms with Gasteiger partial charge >= 0.3 is 0 Å². The lowest BCUT2D eigenvalue weighted by Gasteiger charge is -2.24. The smallest absolute Gasteiger partial charge is 0.193 e. The van der Waals surface area contributed by atoms with Crippen molar-refractivity contribution in [2.75, 3.05) is 33.9 Å². The molecule has 6 heteroatoms. The summed E-state index contributed by atoms with van der Waals surface area (Å²) in [6, 6.07) is 4.69. The van der Waals surface area contributed by atoms with Crippen LogP contribution in [0.2, 0.25) is 5.02 Å². The van der Waals surface area contributed by atoms with E-state index in [-0.39, 0.29) is 5.82 Å². The van der Waals surface area contributed by atoms with E-state index < -0.39 is 0 Å². The molecule has 21 heavy (non-hydrogen) atoms. The summed E-state index contributed by atoms with van der Waals surface area (Å²) in [4.78, 5) is 6.27. The molecule has 0 saturated carbocycles. The lowest BCUT2D eigenvalue weighted by molar-refractivity contribution is 0.181. The number of hydrogen-bond acceptors (Lipinski definition) is 2. The number of benzene rings is 1. The molecule has 1 N–H and O–H groups in total. The van der Waals surface area contributed by atoms with E-state index in [0.29, 0.717) is 23.0 Å². The van der Waals surface area contributed by atoms with Gasteiger partial charge in [0.1, 0.15) is 5.82 Å². The number of nitrogens with zero attached hydrogens (tertiary/aromatic N) is 2. The van der Waals surface area contributed by atoms with Gasteiger partial charge in [-0.2, -0.15) is 0 Å². The highest BCUT2D eigenvalue weighted by Crippen LogP contribution is 2.18. The van der Waals surface area contributed by atoms with Gasteiger partial charge in [-0.15, -0.1) is 0 Å². The van der Waals surface area contributed by atoms with Gasteiger partial charge in [-0.3, -0.25) is 4.99 Å². The van der Waals surface area contributed by atoms with Crippen LogP contribution < -0.4 is 5.32 Å². The van der Waals surface area contributed by atoms with Gasteiger partial charge in [-0.05, 0) is 18.6 Å². The Morgan fingerprint density at radius 2 is 2.38 bits per heavy atom. The highest BCUT2D eigenvalue weighted by molar-refractivity contribution is 6.31. The molecular formula is C15H21ClFN3O. The summed E-state index contributed by atoms with van der Waals surface area (Å²) < 4.78 is 19.1. The van der Waals surface area contributed by atoms with Crippen LogP contribution in [-0.4, -0.2) is 44.7 Å². The summed E-state index contributed by atoms with van der Waals surface area (Å²) in [6.07, 6.45) is 1.07. The third-order valence-corrected chi connectivity index (χ3v) is 3.97. The molecule has 0 radical (unpaired) electrons. The quantitative estimate of drug-likeness (QED) is 0.685. The van der Waals surface area contributed by atoms with Crippen molar-refractivity contribution in [2.24, 2.45) is 10.9 Å². The maximum absolute atomic E-state index is 13.7. The van der Waals surface area contributed by atoms with Gasteiger partial charge in [0.15, 0.2) is 5.96 Å². The molecule has 1 saturated heterocycles. The Morgan fingerprint density at radius 1 is 1.57 bits per heavy atom.